The zero-order valence-electron chi connectivity index (χ0n) is 13.4. The number of fused-ring (bicyclic) bond motifs is 1. The highest BCUT2D eigenvalue weighted by molar-refractivity contribution is 6.52. The molecule has 2 aromatic rings. The maximum Gasteiger partial charge on any atom is 0.300 e. The second-order valence-electron chi connectivity index (χ2n) is 6.16. The number of hydrogen-bond donors (Lipinski definition) is 0. The van der Waals surface area contributed by atoms with Gasteiger partial charge in [0, 0.05) is 31.9 Å². The Kier molecular flexibility index (Phi) is 3.78. The molecule has 122 valence electrons. The summed E-state index contributed by atoms with van der Waals surface area (Å²) in [6.45, 7) is 4.05. The minimum Gasteiger partial charge on any atom is -0.369 e. The van der Waals surface area contributed by atoms with Crippen LogP contribution >= 0.6 is 0 Å². The number of anilines is 2. The molecule has 0 radical (unpaired) electrons. The van der Waals surface area contributed by atoms with Crippen molar-refractivity contribution >= 4 is 23.1 Å². The number of carbonyl (C=O) groups is 2. The molecule has 1 saturated heterocycles. The summed E-state index contributed by atoms with van der Waals surface area (Å²) < 4.78 is 0. The van der Waals surface area contributed by atoms with Gasteiger partial charge in [-0.2, -0.15) is 0 Å². The predicted molar refractivity (Wildman–Crippen MR) is 93.4 cm³/mol. The van der Waals surface area contributed by atoms with Crippen LogP contribution in [-0.2, 0) is 4.79 Å². The molecule has 0 bridgehead atoms. The standard InChI is InChI=1S/C19H19N3O2/c23-18-16-8-4-5-9-17(16)22(19(18)24)14-20-10-12-21(13-11-20)15-6-2-1-3-7-15/h1-9H,10-14H2. The molecule has 0 saturated carbocycles. The number of amides is 1. The molecule has 2 aromatic carbocycles. The first-order valence-electron chi connectivity index (χ1n) is 8.21. The van der Waals surface area contributed by atoms with Crippen LogP contribution in [0.1, 0.15) is 10.4 Å². The molecule has 2 aliphatic rings. The number of piperazine rings is 1. The largest absolute Gasteiger partial charge is 0.369 e. The Hall–Kier alpha value is -2.66. The topological polar surface area (TPSA) is 43.9 Å². The van der Waals surface area contributed by atoms with Crippen LogP contribution < -0.4 is 9.80 Å². The van der Waals surface area contributed by atoms with Gasteiger partial charge in [0.05, 0.1) is 17.9 Å². The smallest absolute Gasteiger partial charge is 0.300 e. The summed E-state index contributed by atoms with van der Waals surface area (Å²) in [4.78, 5) is 30.5. The Labute approximate surface area is 141 Å². The van der Waals surface area contributed by atoms with Crippen molar-refractivity contribution in [1.82, 2.24) is 4.90 Å². The summed E-state index contributed by atoms with van der Waals surface area (Å²) in [6.07, 6.45) is 0. The molecule has 1 fully saturated rings. The lowest BCUT2D eigenvalue weighted by molar-refractivity contribution is -0.114. The zero-order valence-corrected chi connectivity index (χ0v) is 13.4. The van der Waals surface area contributed by atoms with Crippen molar-refractivity contribution in [2.24, 2.45) is 0 Å². The van der Waals surface area contributed by atoms with E-state index < -0.39 is 11.7 Å². The van der Waals surface area contributed by atoms with E-state index in [0.717, 1.165) is 31.9 Å². The predicted octanol–water partition coefficient (Wildman–Crippen LogP) is 2.00. The van der Waals surface area contributed by atoms with Crippen molar-refractivity contribution in [3.05, 3.63) is 60.2 Å². The van der Waals surface area contributed by atoms with Crippen LogP contribution in [0.15, 0.2) is 54.6 Å². The van der Waals surface area contributed by atoms with Crippen molar-refractivity contribution in [3.8, 4) is 0 Å². The summed E-state index contributed by atoms with van der Waals surface area (Å²) in [7, 11) is 0. The van der Waals surface area contributed by atoms with Gasteiger partial charge in [0.2, 0.25) is 0 Å². The highest BCUT2D eigenvalue weighted by atomic mass is 16.2. The van der Waals surface area contributed by atoms with Crippen LogP contribution in [-0.4, -0.2) is 49.4 Å². The Bertz CT molecular complexity index is 767. The molecule has 2 aliphatic heterocycles. The van der Waals surface area contributed by atoms with E-state index in [1.165, 1.54) is 5.69 Å². The first kappa shape index (κ1) is 14.9. The number of carbonyl (C=O) groups excluding carboxylic acids is 2. The third-order valence-electron chi connectivity index (χ3n) is 4.71. The number of ketones is 1. The molecule has 0 aliphatic carbocycles. The molecule has 2 heterocycles. The SMILES string of the molecule is O=C1C(=O)N(CN2CCN(c3ccccc3)CC2)c2ccccc21. The van der Waals surface area contributed by atoms with Gasteiger partial charge in [-0.3, -0.25) is 19.4 Å². The fraction of sp³-hybridized carbons (Fsp3) is 0.263. The summed E-state index contributed by atoms with van der Waals surface area (Å²) in [5, 5.41) is 0. The summed E-state index contributed by atoms with van der Waals surface area (Å²) >= 11 is 0. The maximum absolute atomic E-state index is 12.3. The first-order valence-corrected chi connectivity index (χ1v) is 8.21. The van der Waals surface area contributed by atoms with E-state index in [0.29, 0.717) is 12.2 Å². The number of Topliss-reactive ketones (excluding diaryl/α,β-unsaturated/α-hetero) is 1. The van der Waals surface area contributed by atoms with E-state index in [2.05, 4.69) is 21.9 Å². The van der Waals surface area contributed by atoms with Crippen LogP contribution in [0.5, 0.6) is 0 Å². The molecular weight excluding hydrogens is 302 g/mol. The lowest BCUT2D eigenvalue weighted by atomic mass is 10.1. The number of rotatable bonds is 3. The summed E-state index contributed by atoms with van der Waals surface area (Å²) in [5.41, 5.74) is 2.48. The third kappa shape index (κ3) is 2.57. The van der Waals surface area contributed by atoms with Crippen LogP contribution in [0.2, 0.25) is 0 Å². The number of para-hydroxylation sites is 2. The lowest BCUT2D eigenvalue weighted by Crippen LogP contribution is -2.51. The molecule has 0 spiro atoms. The Morgan fingerprint density at radius 2 is 1.46 bits per heavy atom. The summed E-state index contributed by atoms with van der Waals surface area (Å²) in [6, 6.07) is 17.6. The Morgan fingerprint density at radius 1 is 0.792 bits per heavy atom. The molecule has 5 nitrogen and oxygen atoms in total. The fourth-order valence-electron chi connectivity index (χ4n) is 3.37. The van der Waals surface area contributed by atoms with E-state index in [1.54, 1.807) is 17.0 Å². The van der Waals surface area contributed by atoms with Crippen molar-refractivity contribution in [1.29, 1.82) is 0 Å². The van der Waals surface area contributed by atoms with Gasteiger partial charge in [0.1, 0.15) is 0 Å². The van der Waals surface area contributed by atoms with E-state index in [-0.39, 0.29) is 0 Å². The monoisotopic (exact) mass is 321 g/mol. The molecule has 1 amide bonds. The summed E-state index contributed by atoms with van der Waals surface area (Å²) in [5.74, 6) is -0.810. The minimum atomic E-state index is -0.415. The van der Waals surface area contributed by atoms with Crippen molar-refractivity contribution in [2.75, 3.05) is 42.6 Å². The van der Waals surface area contributed by atoms with Crippen molar-refractivity contribution < 1.29 is 9.59 Å². The second kappa shape index (κ2) is 6.09. The van der Waals surface area contributed by atoms with Crippen LogP contribution in [0.25, 0.3) is 0 Å². The van der Waals surface area contributed by atoms with Gasteiger partial charge < -0.3 is 4.90 Å². The van der Waals surface area contributed by atoms with Gasteiger partial charge >= 0.3 is 5.91 Å². The highest BCUT2D eigenvalue weighted by Gasteiger charge is 2.36. The lowest BCUT2D eigenvalue weighted by Gasteiger charge is -2.37. The number of benzene rings is 2. The van der Waals surface area contributed by atoms with Gasteiger partial charge in [-0.05, 0) is 24.3 Å². The normalized spacial score (nSPS) is 18.2. The third-order valence-corrected chi connectivity index (χ3v) is 4.71. The number of nitrogens with zero attached hydrogens (tertiary/aromatic N) is 3. The fourth-order valence-corrected chi connectivity index (χ4v) is 3.37. The molecule has 5 heteroatoms. The molecule has 0 atom stereocenters. The van der Waals surface area contributed by atoms with E-state index in [9.17, 15) is 9.59 Å². The average molecular weight is 321 g/mol. The van der Waals surface area contributed by atoms with Gasteiger partial charge in [-0.1, -0.05) is 30.3 Å². The highest BCUT2D eigenvalue weighted by Crippen LogP contribution is 2.28. The molecule has 0 N–H and O–H groups in total. The molecule has 24 heavy (non-hydrogen) atoms. The Balaban J connectivity index is 1.43. The first-order chi connectivity index (χ1) is 11.7. The minimum absolute atomic E-state index is 0.395. The molecule has 0 aromatic heterocycles. The van der Waals surface area contributed by atoms with Crippen molar-refractivity contribution in [3.63, 3.8) is 0 Å². The van der Waals surface area contributed by atoms with Crippen molar-refractivity contribution in [2.45, 2.75) is 0 Å². The van der Waals surface area contributed by atoms with E-state index in [1.807, 2.05) is 30.3 Å². The van der Waals surface area contributed by atoms with E-state index >= 15 is 0 Å². The zero-order chi connectivity index (χ0) is 16.5. The maximum atomic E-state index is 12.3. The van der Waals surface area contributed by atoms with E-state index in [4.69, 9.17) is 0 Å². The second-order valence-corrected chi connectivity index (χ2v) is 6.16. The molecule has 0 unspecified atom stereocenters. The number of hydrogen-bond acceptors (Lipinski definition) is 4. The average Bonchev–Trinajstić information content (AvgIpc) is 2.88. The quantitative estimate of drug-likeness (QED) is 0.811. The van der Waals surface area contributed by atoms with Gasteiger partial charge in [0.25, 0.3) is 5.78 Å². The van der Waals surface area contributed by atoms with Crippen LogP contribution in [0, 0.1) is 0 Å². The van der Waals surface area contributed by atoms with Gasteiger partial charge in [0.15, 0.2) is 0 Å². The Morgan fingerprint density at radius 3 is 2.21 bits per heavy atom. The van der Waals surface area contributed by atoms with Gasteiger partial charge in [-0.15, -0.1) is 0 Å². The van der Waals surface area contributed by atoms with Crippen LogP contribution in [0.4, 0.5) is 11.4 Å². The molecular formula is C19H19N3O2. The molecule has 4 rings (SSSR count). The van der Waals surface area contributed by atoms with Gasteiger partial charge in [-0.25, -0.2) is 0 Å². The van der Waals surface area contributed by atoms with Crippen LogP contribution in [0.3, 0.4) is 0 Å².